The first-order chi connectivity index (χ1) is 17.8. The molecular weight excluding hydrogens is 609 g/mol. The minimum atomic E-state index is -1.40. The molecule has 0 spiro atoms. The molecule has 42 heavy (non-hydrogen) atoms. The summed E-state index contributed by atoms with van der Waals surface area (Å²) in [4.78, 5) is 61.6. The van der Waals surface area contributed by atoms with Crippen molar-refractivity contribution in [1.82, 2.24) is 0 Å². The Labute approximate surface area is 311 Å². The van der Waals surface area contributed by atoms with Gasteiger partial charge in [-0.25, -0.2) is 14.4 Å². The van der Waals surface area contributed by atoms with E-state index < -0.39 is 91.7 Å². The average molecular weight is 648 g/mol. The largest absolute Gasteiger partial charge is 1.00 e. The van der Waals surface area contributed by atoms with Crippen LogP contribution in [0.1, 0.15) is 44.3 Å². The monoisotopic (exact) mass is 648 g/mol. The molecule has 0 bridgehead atoms. The number of carbonyl (C=O) groups is 6. The first-order valence-corrected chi connectivity index (χ1v) is 11.0. The summed E-state index contributed by atoms with van der Waals surface area (Å²) in [5.74, 6) is -7.79. The Kier molecular flexibility index (Phi) is 41.2. The van der Waals surface area contributed by atoms with Crippen molar-refractivity contribution in [2.45, 2.75) is 76.7 Å². The number of aliphatic carboxylic acids is 6. The van der Waals surface area contributed by atoms with Gasteiger partial charge in [0, 0.05) is 0 Å². The first kappa shape index (κ1) is 54.1. The van der Waals surface area contributed by atoms with Gasteiger partial charge in [0.15, 0.2) is 18.3 Å². The fraction of sp³-hybridized carbons (Fsp3) is 0.714. The van der Waals surface area contributed by atoms with Crippen molar-refractivity contribution in [3.8, 4) is 0 Å². The van der Waals surface area contributed by atoms with Gasteiger partial charge in [-0.2, -0.15) is 0 Å². The summed E-state index contributed by atoms with van der Waals surface area (Å²) < 4.78 is 13.9. The molecule has 6 atom stereocenters. The van der Waals surface area contributed by atoms with E-state index in [4.69, 9.17) is 46.0 Å². The quantitative estimate of drug-likeness (QED) is 0.0623. The molecule has 0 amide bonds. The topological polar surface area (TPSA) is 312 Å². The van der Waals surface area contributed by atoms with Gasteiger partial charge in [0.25, 0.3) is 0 Å². The van der Waals surface area contributed by atoms with Crippen molar-refractivity contribution in [2.24, 2.45) is 0 Å². The van der Waals surface area contributed by atoms with Gasteiger partial charge in [0.05, 0.1) is 57.4 Å². The van der Waals surface area contributed by atoms with Crippen LogP contribution in [0.15, 0.2) is 0 Å². The molecular formula is C21H39Na3O18. The number of ether oxygens (including phenoxy) is 3. The van der Waals surface area contributed by atoms with Crippen LogP contribution in [0.5, 0.6) is 0 Å². The molecule has 0 saturated carbocycles. The number of hydrogen-bond donors (Lipinski definition) is 9. The molecule has 0 aromatic rings. The summed E-state index contributed by atoms with van der Waals surface area (Å²) in [7, 11) is 0. The predicted molar refractivity (Wildman–Crippen MR) is 127 cm³/mol. The van der Waals surface area contributed by atoms with Gasteiger partial charge in [-0.05, 0) is 20.8 Å². The average Bonchev–Trinajstić information content (AvgIpc) is 2.76. The van der Waals surface area contributed by atoms with Gasteiger partial charge in [0.2, 0.25) is 0 Å². The van der Waals surface area contributed by atoms with E-state index in [1.165, 1.54) is 20.8 Å². The third-order valence-corrected chi connectivity index (χ3v) is 3.52. The Bertz CT molecular complexity index is 694. The van der Waals surface area contributed by atoms with Crippen LogP contribution in [0.2, 0.25) is 0 Å². The fourth-order valence-electron chi connectivity index (χ4n) is 1.89. The molecule has 18 nitrogen and oxygen atoms in total. The predicted octanol–water partition coefficient (Wildman–Crippen LogP) is -10.7. The Morgan fingerprint density at radius 2 is 0.643 bits per heavy atom. The zero-order chi connectivity index (χ0) is 31.3. The number of carboxylic acids is 6. The van der Waals surface area contributed by atoms with Crippen LogP contribution in [0.25, 0.3) is 0 Å². The van der Waals surface area contributed by atoms with Crippen LogP contribution in [-0.2, 0) is 43.0 Å². The number of carboxylic acid groups (broad SMARTS) is 6. The van der Waals surface area contributed by atoms with Crippen molar-refractivity contribution in [3.05, 3.63) is 0 Å². The van der Waals surface area contributed by atoms with E-state index in [0.717, 1.165) is 0 Å². The maximum absolute atomic E-state index is 10.4. The van der Waals surface area contributed by atoms with E-state index in [1.807, 2.05) is 0 Å². The van der Waals surface area contributed by atoms with Crippen LogP contribution in [0, 0.1) is 0 Å². The molecule has 234 valence electrons. The maximum Gasteiger partial charge on any atom is 1.00 e. The molecule has 21 heteroatoms. The number of aliphatic hydroxyl groups is 3. The fourth-order valence-corrected chi connectivity index (χ4v) is 1.89. The summed E-state index contributed by atoms with van der Waals surface area (Å²) in [5, 5.41) is 76.5. The van der Waals surface area contributed by atoms with Crippen LogP contribution < -0.4 is 88.7 Å². The zero-order valence-corrected chi connectivity index (χ0v) is 30.4. The summed E-state index contributed by atoms with van der Waals surface area (Å²) in [6, 6.07) is 0. The summed E-state index contributed by atoms with van der Waals surface area (Å²) in [6.45, 7) is 3.68. The molecule has 0 aliphatic carbocycles. The van der Waals surface area contributed by atoms with E-state index in [1.54, 1.807) is 0 Å². The Hall–Kier alpha value is -0.420. The molecule has 6 unspecified atom stereocenters. The van der Waals surface area contributed by atoms with E-state index in [0.29, 0.717) is 0 Å². The zero-order valence-electron chi connectivity index (χ0n) is 27.4. The second-order valence-corrected chi connectivity index (χ2v) is 7.82. The minimum Gasteiger partial charge on any atom is -1.00 e. The van der Waals surface area contributed by atoms with Crippen LogP contribution in [0.3, 0.4) is 0 Å². The molecule has 0 heterocycles. The molecule has 9 N–H and O–H groups in total. The Balaban J connectivity index is -0.0000000579. The Morgan fingerprint density at radius 1 is 0.476 bits per heavy atom. The molecule has 0 aromatic heterocycles. The molecule has 0 fully saturated rings. The van der Waals surface area contributed by atoms with E-state index in [9.17, 15) is 28.8 Å². The molecule has 0 saturated heterocycles. The normalized spacial score (nSPS) is 13.9. The smallest absolute Gasteiger partial charge is 1.00 e. The van der Waals surface area contributed by atoms with Crippen molar-refractivity contribution < 1.29 is 182 Å². The van der Waals surface area contributed by atoms with Gasteiger partial charge in [-0.15, -0.1) is 0 Å². The molecule has 0 aliphatic heterocycles. The SMILES string of the molecule is CC(O)COC(CC(=O)O)C(=O)O.CC(O)COC(CC(=O)O)C(=O)O.CC(O)COC(CC(=O)O)C(=O)O.[H-].[H-].[H-].[Na+].[Na+].[Na+]. The third kappa shape index (κ3) is 39.6. The molecule has 0 radical (unpaired) electrons. The first-order valence-electron chi connectivity index (χ1n) is 11.0. The standard InChI is InChI=1S/3C7H12O6.3Na.3H/c3*1-4(8)3-13-5(7(11)12)2-6(9)10;;;;;;/h3*4-5,8H,2-3H2,1H3,(H,9,10)(H,11,12);;;;;;/q;;;3*+1;3*-1. The third-order valence-electron chi connectivity index (χ3n) is 3.52. The molecule has 0 aromatic carbocycles. The van der Waals surface area contributed by atoms with Crippen LogP contribution >= 0.6 is 0 Å². The van der Waals surface area contributed by atoms with E-state index in [-0.39, 0.29) is 113 Å². The number of aliphatic hydroxyl groups excluding tert-OH is 3. The second-order valence-electron chi connectivity index (χ2n) is 7.82. The van der Waals surface area contributed by atoms with Gasteiger partial charge < -0.3 is 64.4 Å². The van der Waals surface area contributed by atoms with Crippen molar-refractivity contribution in [3.63, 3.8) is 0 Å². The second kappa shape index (κ2) is 32.0. The van der Waals surface area contributed by atoms with Crippen molar-refractivity contribution in [1.29, 1.82) is 0 Å². The maximum atomic E-state index is 10.4. The van der Waals surface area contributed by atoms with Gasteiger partial charge in [-0.1, -0.05) is 0 Å². The van der Waals surface area contributed by atoms with Crippen molar-refractivity contribution >= 4 is 35.8 Å². The Morgan fingerprint density at radius 3 is 0.738 bits per heavy atom. The molecule has 0 aliphatic rings. The molecule has 0 rings (SSSR count). The summed E-state index contributed by atoms with van der Waals surface area (Å²) >= 11 is 0. The van der Waals surface area contributed by atoms with Crippen LogP contribution in [-0.4, -0.2) is 138 Å². The van der Waals surface area contributed by atoms with E-state index in [2.05, 4.69) is 14.2 Å². The van der Waals surface area contributed by atoms with Gasteiger partial charge >= 0.3 is 124 Å². The minimum absolute atomic E-state index is 0. The van der Waals surface area contributed by atoms with Crippen LogP contribution in [0.4, 0.5) is 0 Å². The van der Waals surface area contributed by atoms with Crippen molar-refractivity contribution in [2.75, 3.05) is 19.8 Å². The van der Waals surface area contributed by atoms with Gasteiger partial charge in [0.1, 0.15) is 0 Å². The van der Waals surface area contributed by atoms with Gasteiger partial charge in [-0.3, -0.25) is 14.4 Å². The number of rotatable bonds is 18. The summed E-state index contributed by atoms with van der Waals surface area (Å²) in [5.41, 5.74) is 0. The number of hydrogen-bond acceptors (Lipinski definition) is 12. The van der Waals surface area contributed by atoms with E-state index >= 15 is 0 Å². The summed E-state index contributed by atoms with van der Waals surface area (Å²) in [6.07, 6.45) is -8.44.